The Morgan fingerprint density at radius 3 is 2.47 bits per heavy atom. The van der Waals surface area contributed by atoms with Crippen LogP contribution in [0.2, 0.25) is 5.02 Å². The molecule has 0 aromatic heterocycles. The van der Waals surface area contributed by atoms with Crippen molar-refractivity contribution in [3.8, 4) is 0 Å². The van der Waals surface area contributed by atoms with Gasteiger partial charge in [0.05, 0.1) is 6.10 Å². The second-order valence-electron chi connectivity index (χ2n) is 3.99. The summed E-state index contributed by atoms with van der Waals surface area (Å²) >= 11 is 6.11. The monoisotopic (exact) mass is 227 g/mol. The van der Waals surface area contributed by atoms with Gasteiger partial charge in [0.2, 0.25) is 0 Å². The van der Waals surface area contributed by atoms with Gasteiger partial charge in [0.15, 0.2) is 0 Å². The molecule has 3 heteroatoms. The van der Waals surface area contributed by atoms with Crippen molar-refractivity contribution in [2.75, 3.05) is 13.6 Å². The molecule has 0 saturated heterocycles. The van der Waals surface area contributed by atoms with Crippen LogP contribution in [0.4, 0.5) is 0 Å². The second-order valence-corrected chi connectivity index (χ2v) is 4.39. The molecule has 1 rings (SSSR count). The van der Waals surface area contributed by atoms with Gasteiger partial charge in [-0.15, -0.1) is 0 Å². The number of rotatable bonds is 4. The van der Waals surface area contributed by atoms with Crippen LogP contribution in [0, 0.1) is 0 Å². The maximum absolute atomic E-state index is 9.31. The molecule has 1 unspecified atom stereocenters. The summed E-state index contributed by atoms with van der Waals surface area (Å²) in [4.78, 5) is 2.09. The fraction of sp³-hybridized carbons (Fsp3) is 0.500. The molecule has 0 bridgehead atoms. The van der Waals surface area contributed by atoms with Gasteiger partial charge in [-0.2, -0.15) is 0 Å². The van der Waals surface area contributed by atoms with Crippen LogP contribution in [0.3, 0.4) is 0 Å². The van der Waals surface area contributed by atoms with Gasteiger partial charge in [-0.3, -0.25) is 4.90 Å². The molecule has 1 aromatic carbocycles. The maximum atomic E-state index is 9.31. The third kappa shape index (κ3) is 3.49. The lowest BCUT2D eigenvalue weighted by molar-refractivity contribution is 0.122. The zero-order valence-corrected chi connectivity index (χ0v) is 10.2. The molecule has 0 heterocycles. The number of halogens is 1. The molecule has 0 aliphatic heterocycles. The third-order valence-electron chi connectivity index (χ3n) is 2.57. The molecule has 0 aliphatic rings. The topological polar surface area (TPSA) is 23.5 Å². The second kappa shape index (κ2) is 5.50. The molecule has 1 aromatic rings. The van der Waals surface area contributed by atoms with E-state index in [2.05, 4.69) is 11.8 Å². The van der Waals surface area contributed by atoms with Crippen molar-refractivity contribution < 1.29 is 5.11 Å². The predicted octanol–water partition coefficient (Wildman–Crippen LogP) is 2.71. The lowest BCUT2D eigenvalue weighted by atomic mass is 10.1. The first-order valence-electron chi connectivity index (χ1n) is 5.15. The number of aliphatic hydroxyl groups excluding tert-OH is 1. The van der Waals surface area contributed by atoms with Crippen LogP contribution in [0.15, 0.2) is 24.3 Å². The van der Waals surface area contributed by atoms with Crippen molar-refractivity contribution in [1.29, 1.82) is 0 Å². The highest BCUT2D eigenvalue weighted by atomic mass is 35.5. The largest absolute Gasteiger partial charge is 0.392 e. The van der Waals surface area contributed by atoms with Crippen molar-refractivity contribution in [2.24, 2.45) is 0 Å². The van der Waals surface area contributed by atoms with Gasteiger partial charge < -0.3 is 5.11 Å². The maximum Gasteiger partial charge on any atom is 0.0639 e. The van der Waals surface area contributed by atoms with Crippen LogP contribution in [-0.4, -0.2) is 29.7 Å². The van der Waals surface area contributed by atoms with Crippen LogP contribution in [0.1, 0.15) is 25.5 Å². The molecule has 0 aliphatic carbocycles. The van der Waals surface area contributed by atoms with Crippen molar-refractivity contribution in [3.63, 3.8) is 0 Å². The highest BCUT2D eigenvalue weighted by Gasteiger charge is 2.15. The van der Waals surface area contributed by atoms with Gasteiger partial charge in [-0.25, -0.2) is 0 Å². The predicted molar refractivity (Wildman–Crippen MR) is 64.2 cm³/mol. The van der Waals surface area contributed by atoms with Gasteiger partial charge in [0.1, 0.15) is 0 Å². The summed E-state index contributed by atoms with van der Waals surface area (Å²) in [7, 11) is 1.99. The minimum Gasteiger partial charge on any atom is -0.392 e. The van der Waals surface area contributed by atoms with E-state index in [9.17, 15) is 5.11 Å². The van der Waals surface area contributed by atoms with E-state index in [1.165, 1.54) is 0 Å². The first-order valence-corrected chi connectivity index (χ1v) is 5.53. The molecule has 84 valence electrons. The number of hydrogen-bond donors (Lipinski definition) is 1. The van der Waals surface area contributed by atoms with Gasteiger partial charge in [0.25, 0.3) is 0 Å². The molecule has 2 atom stereocenters. The van der Waals surface area contributed by atoms with Crippen LogP contribution in [-0.2, 0) is 0 Å². The lowest BCUT2D eigenvalue weighted by Crippen LogP contribution is -2.29. The van der Waals surface area contributed by atoms with E-state index in [4.69, 9.17) is 11.6 Å². The van der Waals surface area contributed by atoms with E-state index in [-0.39, 0.29) is 12.1 Å². The molecule has 0 radical (unpaired) electrons. The number of nitrogens with zero attached hydrogens (tertiary/aromatic N) is 1. The smallest absolute Gasteiger partial charge is 0.0639 e. The molecule has 1 N–H and O–H groups in total. The number of hydrogen-bond acceptors (Lipinski definition) is 2. The molecule has 15 heavy (non-hydrogen) atoms. The molecule has 0 amide bonds. The number of likely N-dealkylation sites (N-methyl/N-ethyl adjacent to an activating group) is 1. The normalized spacial score (nSPS) is 15.3. The summed E-state index contributed by atoms with van der Waals surface area (Å²) in [5.74, 6) is 0. The fourth-order valence-electron chi connectivity index (χ4n) is 1.63. The molecular formula is C12H18ClNO. The number of aliphatic hydroxyl groups is 1. The summed E-state index contributed by atoms with van der Waals surface area (Å²) in [5, 5.41) is 10.1. The van der Waals surface area contributed by atoms with Crippen LogP contribution >= 0.6 is 11.6 Å². The van der Waals surface area contributed by atoms with Crippen molar-refractivity contribution in [3.05, 3.63) is 34.9 Å². The average molecular weight is 228 g/mol. The van der Waals surface area contributed by atoms with Gasteiger partial charge >= 0.3 is 0 Å². The number of benzene rings is 1. The van der Waals surface area contributed by atoms with Crippen LogP contribution in [0.25, 0.3) is 0 Å². The van der Waals surface area contributed by atoms with Gasteiger partial charge in [-0.1, -0.05) is 29.8 Å². The van der Waals surface area contributed by atoms with Gasteiger partial charge in [0, 0.05) is 17.6 Å². The van der Waals surface area contributed by atoms with E-state index in [1.54, 1.807) is 6.92 Å². The Labute approximate surface area is 96.5 Å². The van der Waals surface area contributed by atoms with E-state index in [0.717, 1.165) is 10.6 Å². The Balaban J connectivity index is 2.76. The minimum absolute atomic E-state index is 0.216. The Hall–Kier alpha value is -0.570. The SMILES string of the molecule is CC(c1ccccc1Cl)N(C)C[C@@H](C)O. The van der Waals surface area contributed by atoms with E-state index in [1.807, 2.05) is 31.3 Å². The Kier molecular flexibility index (Phi) is 4.58. The average Bonchev–Trinajstić information content (AvgIpc) is 2.16. The quantitative estimate of drug-likeness (QED) is 0.855. The highest BCUT2D eigenvalue weighted by molar-refractivity contribution is 6.31. The van der Waals surface area contributed by atoms with Crippen LogP contribution < -0.4 is 0 Å². The first kappa shape index (κ1) is 12.5. The summed E-state index contributed by atoms with van der Waals surface area (Å²) in [6, 6.07) is 8.03. The van der Waals surface area contributed by atoms with E-state index >= 15 is 0 Å². The summed E-state index contributed by atoms with van der Waals surface area (Å²) in [6.45, 7) is 4.52. The first-order chi connectivity index (χ1) is 7.02. The van der Waals surface area contributed by atoms with Crippen LogP contribution in [0.5, 0.6) is 0 Å². The van der Waals surface area contributed by atoms with E-state index < -0.39 is 0 Å². The third-order valence-corrected chi connectivity index (χ3v) is 2.91. The molecule has 0 saturated carbocycles. The zero-order chi connectivity index (χ0) is 11.4. The lowest BCUT2D eigenvalue weighted by Gasteiger charge is -2.26. The Morgan fingerprint density at radius 1 is 1.33 bits per heavy atom. The summed E-state index contributed by atoms with van der Waals surface area (Å²) < 4.78 is 0. The highest BCUT2D eigenvalue weighted by Crippen LogP contribution is 2.25. The Bertz CT molecular complexity index is 314. The van der Waals surface area contributed by atoms with E-state index in [0.29, 0.717) is 6.54 Å². The summed E-state index contributed by atoms with van der Waals surface area (Å²) in [5.41, 5.74) is 1.10. The summed E-state index contributed by atoms with van der Waals surface area (Å²) in [6.07, 6.45) is -0.320. The molecule has 2 nitrogen and oxygen atoms in total. The van der Waals surface area contributed by atoms with Crippen molar-refractivity contribution in [2.45, 2.75) is 26.0 Å². The molecule has 0 spiro atoms. The van der Waals surface area contributed by atoms with Crippen molar-refractivity contribution in [1.82, 2.24) is 4.90 Å². The fourth-order valence-corrected chi connectivity index (χ4v) is 1.92. The molecular weight excluding hydrogens is 210 g/mol. The minimum atomic E-state index is -0.320. The zero-order valence-electron chi connectivity index (χ0n) is 9.44. The molecule has 0 fully saturated rings. The van der Waals surface area contributed by atoms with Crippen molar-refractivity contribution >= 4 is 11.6 Å². The van der Waals surface area contributed by atoms with Gasteiger partial charge in [-0.05, 0) is 32.5 Å². The standard InChI is InChI=1S/C12H18ClNO/c1-9(15)8-14(3)10(2)11-6-4-5-7-12(11)13/h4-7,9-10,15H,8H2,1-3H3/t9-,10?/m1/s1. The Morgan fingerprint density at radius 2 is 1.93 bits per heavy atom.